The molecule has 3 aromatic rings. The lowest BCUT2D eigenvalue weighted by Crippen LogP contribution is -2.66. The highest BCUT2D eigenvalue weighted by Crippen LogP contribution is 2.48. The van der Waals surface area contributed by atoms with Crippen molar-refractivity contribution in [2.75, 3.05) is 47.2 Å². The fourth-order valence-corrected chi connectivity index (χ4v) is 10.4. The van der Waals surface area contributed by atoms with Gasteiger partial charge in [0.25, 0.3) is 14.4 Å². The molecule has 0 radical (unpaired) electrons. The molecule has 1 saturated heterocycles. The van der Waals surface area contributed by atoms with Crippen molar-refractivity contribution in [3.63, 3.8) is 0 Å². The Morgan fingerprint density at radius 1 is 0.720 bits per heavy atom. The maximum absolute atomic E-state index is 14.5. The molecule has 3 aromatic carbocycles. The van der Waals surface area contributed by atoms with Crippen molar-refractivity contribution in [2.45, 2.75) is 155 Å². The van der Waals surface area contributed by atoms with E-state index in [0.717, 1.165) is 42.4 Å². The smallest absolute Gasteiger partial charge is 0.303 e. The molecule has 7 atom stereocenters. The van der Waals surface area contributed by atoms with Crippen LogP contribution in [0.4, 0.5) is 0 Å². The minimum Gasteiger partial charge on any atom is -0.497 e. The van der Waals surface area contributed by atoms with Crippen LogP contribution >= 0.6 is 8.53 Å². The van der Waals surface area contributed by atoms with E-state index in [4.69, 9.17) is 46.9 Å². The summed E-state index contributed by atoms with van der Waals surface area (Å²) in [6.45, 7) is 13.2. The van der Waals surface area contributed by atoms with Crippen LogP contribution < -0.4 is 20.1 Å². The summed E-state index contributed by atoms with van der Waals surface area (Å²) in [4.78, 5) is 62.9. The summed E-state index contributed by atoms with van der Waals surface area (Å²) in [6, 6.07) is 26.1. The number of hydrogen-bond donors (Lipinski definition) is 2. The third-order valence-electron chi connectivity index (χ3n) is 12.0. The number of ether oxygens (including phenoxy) is 8. The second-order valence-corrected chi connectivity index (χ2v) is 19.9. The molecule has 7 unspecified atom stereocenters. The first-order chi connectivity index (χ1) is 35.9. The number of nitriles is 1. The number of carbonyl (C=O) groups is 5. The number of esters is 3. The van der Waals surface area contributed by atoms with Crippen LogP contribution in [0.15, 0.2) is 78.9 Å². The third kappa shape index (κ3) is 19.1. The van der Waals surface area contributed by atoms with Crippen molar-refractivity contribution >= 4 is 38.2 Å². The average molecular weight is 1070 g/mol. The lowest BCUT2D eigenvalue weighted by atomic mass is 9.80. The molecule has 4 rings (SSSR count). The van der Waals surface area contributed by atoms with Crippen LogP contribution in [0.5, 0.6) is 11.5 Å². The van der Waals surface area contributed by atoms with Gasteiger partial charge in [0.15, 0.2) is 24.6 Å². The summed E-state index contributed by atoms with van der Waals surface area (Å²) in [6.07, 6.45) is -1.03. The summed E-state index contributed by atoms with van der Waals surface area (Å²) in [5.41, 5.74) is 1.14. The molecule has 0 spiro atoms. The Balaban J connectivity index is 1.48. The van der Waals surface area contributed by atoms with Crippen LogP contribution in [0.2, 0.25) is 0 Å². The number of amides is 2. The fraction of sp³-hybridized carbons (Fsp3) is 0.564. The standard InChI is InChI=1S/C55H77N4O15P/c1-37(2)59(38(3)4)75(70-34-20-31-56)74-49(36-69-55(43-21-16-15-17-22-43,44-23-27-46(65-9)28-24-44)45-25-29-47(66-10)30-26-45)53(64)57-32-18-13-11-12-14-19-33-67-54-50(58-39(5)60)52(72-42(8)63)51(71-41(7)62)48(73-54)35-68-40(6)61/h15-17,21-30,37-38,48-52,54H,11-14,18-20,32-36H2,1-10H3,(H,57,64)(H,58,60). The molecule has 0 aliphatic carbocycles. The van der Waals surface area contributed by atoms with E-state index in [1.165, 1.54) is 27.7 Å². The number of unbranched alkanes of at least 4 members (excludes halogenated alkanes) is 5. The van der Waals surface area contributed by atoms with Gasteiger partial charge in [0.2, 0.25) is 5.91 Å². The Kier molecular flexibility index (Phi) is 26.4. The molecule has 0 saturated carbocycles. The highest BCUT2D eigenvalue weighted by Gasteiger charge is 2.51. The van der Waals surface area contributed by atoms with E-state index in [2.05, 4.69) is 21.4 Å². The zero-order chi connectivity index (χ0) is 54.9. The highest BCUT2D eigenvalue weighted by molar-refractivity contribution is 7.44. The Labute approximate surface area is 443 Å². The number of nitrogens with zero attached hydrogens (tertiary/aromatic N) is 2. The van der Waals surface area contributed by atoms with Crippen molar-refractivity contribution in [1.82, 2.24) is 15.3 Å². The van der Waals surface area contributed by atoms with Crippen molar-refractivity contribution < 1.29 is 70.9 Å². The van der Waals surface area contributed by atoms with Gasteiger partial charge in [0, 0.05) is 52.9 Å². The van der Waals surface area contributed by atoms with E-state index >= 15 is 0 Å². The van der Waals surface area contributed by atoms with E-state index in [1.807, 2.05) is 107 Å². The molecular formula is C55H77N4O15P. The summed E-state index contributed by atoms with van der Waals surface area (Å²) in [7, 11) is 1.36. The fourth-order valence-electron chi connectivity index (χ4n) is 8.72. The number of carbonyl (C=O) groups excluding carboxylic acids is 5. The van der Waals surface area contributed by atoms with Gasteiger partial charge < -0.3 is 57.6 Å². The first kappa shape index (κ1) is 61.8. The van der Waals surface area contributed by atoms with Crippen LogP contribution in [-0.2, 0) is 67.0 Å². The molecule has 1 fully saturated rings. The molecule has 2 N–H and O–H groups in total. The van der Waals surface area contributed by atoms with E-state index in [0.29, 0.717) is 30.9 Å². The molecule has 20 heteroatoms. The quantitative estimate of drug-likeness (QED) is 0.0200. The predicted octanol–water partition coefficient (Wildman–Crippen LogP) is 7.80. The van der Waals surface area contributed by atoms with E-state index < -0.39 is 74.7 Å². The Bertz CT molecular complexity index is 2210. The van der Waals surface area contributed by atoms with Crippen molar-refractivity contribution in [2.24, 2.45) is 0 Å². The maximum atomic E-state index is 14.5. The van der Waals surface area contributed by atoms with Gasteiger partial charge in [-0.3, -0.25) is 24.0 Å². The van der Waals surface area contributed by atoms with Crippen LogP contribution in [-0.4, -0.2) is 130 Å². The SMILES string of the molecule is COc1ccc(C(OCC(OP(OCCC#N)N(C(C)C)C(C)C)C(=O)NCCCCCCCCOC2OC(COC(C)=O)C(OC(C)=O)C(OC(C)=O)C2NC(C)=O)(c2ccccc2)c2ccc(OC)cc2)cc1. The molecule has 0 aromatic heterocycles. The zero-order valence-corrected chi connectivity index (χ0v) is 46.0. The number of hydrogen-bond acceptors (Lipinski definition) is 17. The highest BCUT2D eigenvalue weighted by atomic mass is 31.2. The normalized spacial score (nSPS) is 18.4. The zero-order valence-electron chi connectivity index (χ0n) is 45.1. The second-order valence-electron chi connectivity index (χ2n) is 18.5. The Morgan fingerprint density at radius 3 is 1.79 bits per heavy atom. The van der Waals surface area contributed by atoms with Gasteiger partial charge in [-0.2, -0.15) is 5.26 Å². The molecule has 1 aliphatic heterocycles. The summed E-state index contributed by atoms with van der Waals surface area (Å²) in [5.74, 6) is -1.49. The van der Waals surface area contributed by atoms with Gasteiger partial charge in [0.05, 0.1) is 39.9 Å². The predicted molar refractivity (Wildman–Crippen MR) is 279 cm³/mol. The topological polar surface area (TPSA) is 229 Å². The minimum atomic E-state index is -1.85. The van der Waals surface area contributed by atoms with Crippen molar-refractivity contribution in [1.29, 1.82) is 5.26 Å². The number of methoxy groups -OCH3 is 2. The van der Waals surface area contributed by atoms with Gasteiger partial charge in [-0.05, 0) is 81.5 Å². The van der Waals surface area contributed by atoms with E-state index in [9.17, 15) is 29.2 Å². The summed E-state index contributed by atoms with van der Waals surface area (Å²) in [5, 5.41) is 15.2. The van der Waals surface area contributed by atoms with Crippen LogP contribution in [0, 0.1) is 11.3 Å². The molecule has 2 amide bonds. The van der Waals surface area contributed by atoms with Gasteiger partial charge in [0.1, 0.15) is 35.9 Å². The number of benzene rings is 3. The lowest BCUT2D eigenvalue weighted by molar-refractivity contribution is -0.277. The molecule has 1 aliphatic rings. The maximum Gasteiger partial charge on any atom is 0.303 e. The largest absolute Gasteiger partial charge is 0.497 e. The molecule has 75 heavy (non-hydrogen) atoms. The summed E-state index contributed by atoms with van der Waals surface area (Å²) < 4.78 is 61.8. The van der Waals surface area contributed by atoms with Crippen LogP contribution in [0.3, 0.4) is 0 Å². The second kappa shape index (κ2) is 32.0. The first-order valence-electron chi connectivity index (χ1n) is 25.5. The monoisotopic (exact) mass is 1060 g/mol. The van der Waals surface area contributed by atoms with E-state index in [1.54, 1.807) is 14.2 Å². The third-order valence-corrected chi connectivity index (χ3v) is 14.2. The Hall–Kier alpha value is -5.71. The lowest BCUT2D eigenvalue weighted by Gasteiger charge is -2.44. The Morgan fingerprint density at radius 2 is 1.27 bits per heavy atom. The molecule has 1 heterocycles. The first-order valence-corrected chi connectivity index (χ1v) is 26.6. The van der Waals surface area contributed by atoms with Crippen LogP contribution in [0.1, 0.15) is 117 Å². The van der Waals surface area contributed by atoms with Gasteiger partial charge in [-0.1, -0.05) is 80.3 Å². The van der Waals surface area contributed by atoms with Gasteiger partial charge in [-0.25, -0.2) is 4.67 Å². The number of rotatable bonds is 32. The average Bonchev–Trinajstić information content (AvgIpc) is 3.37. The molecular weight excluding hydrogens is 988 g/mol. The number of nitrogens with one attached hydrogen (secondary N) is 2. The van der Waals surface area contributed by atoms with Crippen molar-refractivity contribution in [3.05, 3.63) is 95.6 Å². The minimum absolute atomic E-state index is 0.0233. The van der Waals surface area contributed by atoms with Crippen molar-refractivity contribution in [3.8, 4) is 17.6 Å². The summed E-state index contributed by atoms with van der Waals surface area (Å²) >= 11 is 0. The molecule has 19 nitrogen and oxygen atoms in total. The van der Waals surface area contributed by atoms with Gasteiger partial charge >= 0.3 is 17.9 Å². The molecule has 0 bridgehead atoms. The van der Waals surface area contributed by atoms with Gasteiger partial charge in [-0.15, -0.1) is 0 Å². The van der Waals surface area contributed by atoms with E-state index in [-0.39, 0.29) is 50.8 Å². The van der Waals surface area contributed by atoms with Crippen LogP contribution in [0.25, 0.3) is 0 Å². The molecule has 412 valence electrons.